The number of nitrogens with one attached hydrogen (secondary N) is 1. The smallest absolute Gasteiger partial charge is 0.255 e. The topological polar surface area (TPSA) is 76.9 Å². The summed E-state index contributed by atoms with van der Waals surface area (Å²) in [5, 5.41) is 8.97. The van der Waals surface area contributed by atoms with Gasteiger partial charge >= 0.3 is 0 Å². The third kappa shape index (κ3) is 6.71. The van der Waals surface area contributed by atoms with Crippen molar-refractivity contribution in [1.29, 1.82) is 0 Å². The van der Waals surface area contributed by atoms with Crippen LogP contribution in [-0.4, -0.2) is 103 Å². The fourth-order valence-corrected chi connectivity index (χ4v) is 5.73. The van der Waals surface area contributed by atoms with Gasteiger partial charge in [-0.25, -0.2) is 0 Å². The summed E-state index contributed by atoms with van der Waals surface area (Å²) in [6, 6.07) is 13.2. The van der Waals surface area contributed by atoms with Crippen LogP contribution in [0.2, 0.25) is 0 Å². The number of aryl methyl sites for hydroxylation is 2. The first kappa shape index (κ1) is 28.3. The molecule has 3 aromatic rings. The van der Waals surface area contributed by atoms with Crippen molar-refractivity contribution >= 4 is 34.1 Å². The number of piperazine rings is 1. The first-order valence-electron chi connectivity index (χ1n) is 14.5. The Morgan fingerprint density at radius 1 is 0.950 bits per heavy atom. The van der Waals surface area contributed by atoms with E-state index < -0.39 is 0 Å². The normalized spacial score (nSPS) is 17.8. The highest BCUT2D eigenvalue weighted by atomic mass is 16.2. The van der Waals surface area contributed by atoms with E-state index in [0.717, 1.165) is 73.0 Å². The van der Waals surface area contributed by atoms with Gasteiger partial charge in [0.15, 0.2) is 0 Å². The van der Waals surface area contributed by atoms with Crippen molar-refractivity contribution < 1.29 is 9.59 Å². The largest absolute Gasteiger partial charge is 0.322 e. The summed E-state index contributed by atoms with van der Waals surface area (Å²) in [5.41, 5.74) is 4.15. The monoisotopic (exact) mass is 545 g/mol. The molecule has 2 aliphatic rings. The lowest BCUT2D eigenvalue weighted by Gasteiger charge is -2.32. The van der Waals surface area contributed by atoms with Crippen molar-refractivity contribution in [2.75, 3.05) is 77.2 Å². The zero-order valence-corrected chi connectivity index (χ0v) is 24.4. The number of piperidine rings is 1. The third-order valence-corrected chi connectivity index (χ3v) is 8.63. The summed E-state index contributed by atoms with van der Waals surface area (Å²) in [6.45, 7) is 9.44. The highest BCUT2D eigenvalue weighted by Crippen LogP contribution is 2.26. The molecule has 0 aliphatic carbocycles. The average molecular weight is 546 g/mol. The number of aromatic nitrogens is 2. The van der Waals surface area contributed by atoms with E-state index in [1.54, 1.807) is 24.1 Å². The van der Waals surface area contributed by atoms with Gasteiger partial charge in [-0.15, -0.1) is 0 Å². The van der Waals surface area contributed by atoms with E-state index in [2.05, 4.69) is 38.8 Å². The number of anilines is 2. The summed E-state index contributed by atoms with van der Waals surface area (Å²) >= 11 is 0. The predicted molar refractivity (Wildman–Crippen MR) is 161 cm³/mol. The molecule has 0 saturated carbocycles. The van der Waals surface area contributed by atoms with Crippen molar-refractivity contribution in [3.05, 3.63) is 53.7 Å². The van der Waals surface area contributed by atoms with Crippen LogP contribution in [0.5, 0.6) is 0 Å². The molecule has 40 heavy (non-hydrogen) atoms. The minimum Gasteiger partial charge on any atom is -0.322 e. The molecule has 0 bridgehead atoms. The highest BCUT2D eigenvalue weighted by Gasteiger charge is 2.20. The number of fused-ring (bicyclic) bond motifs is 1. The number of carbonyl (C=O) groups is 2. The summed E-state index contributed by atoms with van der Waals surface area (Å²) < 4.78 is 2.10. The summed E-state index contributed by atoms with van der Waals surface area (Å²) in [4.78, 5) is 34.4. The fraction of sp³-hybridized carbons (Fsp3) is 0.516. The first-order chi connectivity index (χ1) is 19.3. The van der Waals surface area contributed by atoms with Gasteiger partial charge in [0.25, 0.3) is 5.91 Å². The van der Waals surface area contributed by atoms with Crippen LogP contribution in [0.25, 0.3) is 10.9 Å². The Morgan fingerprint density at radius 2 is 1.62 bits per heavy atom. The van der Waals surface area contributed by atoms with Crippen molar-refractivity contribution in [3.8, 4) is 0 Å². The average Bonchev–Trinajstić information content (AvgIpc) is 3.28. The van der Waals surface area contributed by atoms with E-state index >= 15 is 0 Å². The molecule has 5 rings (SSSR count). The number of rotatable bonds is 8. The molecule has 2 aromatic carbocycles. The molecule has 0 atom stereocenters. The van der Waals surface area contributed by atoms with E-state index in [0.29, 0.717) is 12.1 Å². The van der Waals surface area contributed by atoms with Crippen LogP contribution in [-0.2, 0) is 11.3 Å². The van der Waals surface area contributed by atoms with Crippen LogP contribution in [0.1, 0.15) is 35.3 Å². The Kier molecular flexibility index (Phi) is 8.83. The Hall–Kier alpha value is -3.27. The number of hydrogen-bond acceptors (Lipinski definition) is 6. The Labute approximate surface area is 237 Å². The second kappa shape index (κ2) is 12.5. The molecule has 3 heterocycles. The van der Waals surface area contributed by atoms with Gasteiger partial charge in [-0.1, -0.05) is 0 Å². The third-order valence-electron chi connectivity index (χ3n) is 8.63. The fourth-order valence-electron chi connectivity index (χ4n) is 5.73. The van der Waals surface area contributed by atoms with Crippen molar-refractivity contribution in [2.45, 2.75) is 32.7 Å². The molecule has 1 aromatic heterocycles. The van der Waals surface area contributed by atoms with Gasteiger partial charge in [0.05, 0.1) is 17.8 Å². The van der Waals surface area contributed by atoms with Crippen molar-refractivity contribution in [2.24, 2.45) is 5.92 Å². The minimum absolute atomic E-state index is 0.0535. The molecule has 2 fully saturated rings. The molecule has 2 aliphatic heterocycles. The second-order valence-electron chi connectivity index (χ2n) is 11.6. The maximum Gasteiger partial charge on any atom is 0.255 e. The molecule has 2 saturated heterocycles. The van der Waals surface area contributed by atoms with Crippen LogP contribution in [0.15, 0.2) is 42.5 Å². The number of hydrogen-bond donors (Lipinski definition) is 1. The number of likely N-dealkylation sites (tertiary alicyclic amines) is 1. The van der Waals surface area contributed by atoms with Gasteiger partial charge in [-0.05, 0) is 102 Å². The Morgan fingerprint density at radius 3 is 2.33 bits per heavy atom. The minimum atomic E-state index is -0.175. The molecule has 1 N–H and O–H groups in total. The Bertz CT molecular complexity index is 1320. The number of amides is 2. The van der Waals surface area contributed by atoms with E-state index in [1.807, 2.05) is 37.3 Å². The molecule has 0 spiro atoms. The Balaban J connectivity index is 1.20. The quantitative estimate of drug-likeness (QED) is 0.467. The molecular weight excluding hydrogens is 502 g/mol. The summed E-state index contributed by atoms with van der Waals surface area (Å²) in [5.74, 6) is 0.618. The van der Waals surface area contributed by atoms with E-state index in [1.165, 1.54) is 25.9 Å². The van der Waals surface area contributed by atoms with Gasteiger partial charge in [0.1, 0.15) is 0 Å². The lowest BCUT2D eigenvalue weighted by molar-refractivity contribution is -0.119. The van der Waals surface area contributed by atoms with Gasteiger partial charge in [0.2, 0.25) is 5.91 Å². The molecule has 214 valence electrons. The van der Waals surface area contributed by atoms with Gasteiger partial charge < -0.3 is 20.0 Å². The highest BCUT2D eigenvalue weighted by molar-refractivity contribution is 6.05. The maximum atomic E-state index is 13.1. The summed E-state index contributed by atoms with van der Waals surface area (Å²) in [7, 11) is 6.09. The number of carbonyl (C=O) groups excluding carboxylic acids is 2. The van der Waals surface area contributed by atoms with E-state index in [9.17, 15) is 9.59 Å². The van der Waals surface area contributed by atoms with Gasteiger partial charge in [-0.2, -0.15) is 5.10 Å². The molecule has 9 heteroatoms. The van der Waals surface area contributed by atoms with Crippen molar-refractivity contribution in [1.82, 2.24) is 24.5 Å². The lowest BCUT2D eigenvalue weighted by Crippen LogP contribution is -2.48. The van der Waals surface area contributed by atoms with Crippen molar-refractivity contribution in [3.63, 3.8) is 0 Å². The molecular formula is C31H43N7O2. The molecule has 0 radical (unpaired) electrons. The summed E-state index contributed by atoms with van der Waals surface area (Å²) in [6.07, 6.45) is 3.61. The first-order valence-corrected chi connectivity index (χ1v) is 14.5. The zero-order chi connectivity index (χ0) is 28.2. The zero-order valence-electron chi connectivity index (χ0n) is 24.4. The molecule has 9 nitrogen and oxygen atoms in total. The van der Waals surface area contributed by atoms with E-state index in [4.69, 9.17) is 5.10 Å². The predicted octanol–water partition coefficient (Wildman–Crippen LogP) is 3.54. The van der Waals surface area contributed by atoms with E-state index in [-0.39, 0.29) is 11.8 Å². The van der Waals surface area contributed by atoms with Crippen LogP contribution < -0.4 is 10.2 Å². The number of nitrogens with zero attached hydrogens (tertiary/aromatic N) is 6. The SMILES string of the molecule is Cc1nn(CCC2CCN(C)CC2)c2cc(NC(=O)c3ccc(N(C)C(=O)CN4CCN(C)CC4)cc3)ccc12. The standard InChI is InChI=1S/C31H43N7O2/c1-23-28-10-7-26(21-29(28)38(33-23)16-13-24-11-14-34(2)15-12-24)32-31(40)25-5-8-27(9-6-25)36(4)30(39)22-37-19-17-35(3)18-20-37/h5-10,21,24H,11-20,22H2,1-4H3,(H,32,40). The van der Waals surface area contributed by atoms with Crippen LogP contribution >= 0.6 is 0 Å². The van der Waals surface area contributed by atoms with Gasteiger partial charge in [-0.3, -0.25) is 19.2 Å². The molecule has 2 amide bonds. The lowest BCUT2D eigenvalue weighted by atomic mass is 9.94. The maximum absolute atomic E-state index is 13.1. The van der Waals surface area contributed by atoms with Gasteiger partial charge in [0, 0.05) is 62.1 Å². The van der Waals surface area contributed by atoms with Crippen LogP contribution in [0, 0.1) is 12.8 Å². The number of likely N-dealkylation sites (N-methyl/N-ethyl adjacent to an activating group) is 2. The second-order valence-corrected chi connectivity index (χ2v) is 11.6. The van der Waals surface area contributed by atoms with Crippen LogP contribution in [0.4, 0.5) is 11.4 Å². The molecule has 0 unspecified atom stereocenters. The van der Waals surface area contributed by atoms with Crippen LogP contribution in [0.3, 0.4) is 0 Å². The number of benzene rings is 2.